The van der Waals surface area contributed by atoms with Crippen LogP contribution in [0.15, 0.2) is 35.9 Å². The lowest BCUT2D eigenvalue weighted by atomic mass is 10.0. The van der Waals surface area contributed by atoms with Gasteiger partial charge in [-0.15, -0.1) is 0 Å². The molecule has 1 N–H and O–H groups in total. The lowest BCUT2D eigenvalue weighted by molar-refractivity contribution is 0.272. The highest BCUT2D eigenvalue weighted by molar-refractivity contribution is 5.67. The van der Waals surface area contributed by atoms with Crippen LogP contribution in [0.2, 0.25) is 0 Å². The summed E-state index contributed by atoms with van der Waals surface area (Å²) >= 11 is 0. The van der Waals surface area contributed by atoms with Crippen molar-refractivity contribution in [1.29, 1.82) is 0 Å². The van der Waals surface area contributed by atoms with E-state index in [1.807, 2.05) is 0 Å². The molecular formula is C18H23NO. The molecule has 4 fully saturated rings. The van der Waals surface area contributed by atoms with Gasteiger partial charge in [0.25, 0.3) is 0 Å². The fourth-order valence-electron chi connectivity index (χ4n) is 4.49. The molecule has 5 rings (SSSR count). The number of hydrogen-bond donors (Lipinski definition) is 1. The summed E-state index contributed by atoms with van der Waals surface area (Å²) in [6.45, 7) is 4.85. The van der Waals surface area contributed by atoms with E-state index in [9.17, 15) is 0 Å². The van der Waals surface area contributed by atoms with E-state index in [1.54, 1.807) is 5.57 Å². The topological polar surface area (TPSA) is 21.3 Å². The minimum Gasteiger partial charge on any atom is -0.492 e. The van der Waals surface area contributed by atoms with E-state index in [-0.39, 0.29) is 0 Å². The quantitative estimate of drug-likeness (QED) is 0.632. The molecule has 2 atom stereocenters. The maximum absolute atomic E-state index is 6.23. The van der Waals surface area contributed by atoms with Crippen molar-refractivity contribution in [1.82, 2.24) is 5.32 Å². The van der Waals surface area contributed by atoms with Crippen LogP contribution in [0.5, 0.6) is 0 Å². The Morgan fingerprint density at radius 3 is 2.55 bits per heavy atom. The molecule has 0 saturated heterocycles. The summed E-state index contributed by atoms with van der Waals surface area (Å²) in [5.74, 6) is 4.91. The van der Waals surface area contributed by atoms with E-state index in [1.165, 1.54) is 24.2 Å². The predicted octanol–water partition coefficient (Wildman–Crippen LogP) is 3.31. The normalized spacial score (nSPS) is 35.2. The highest BCUT2D eigenvalue weighted by Gasteiger charge is 2.66. The molecule has 2 nitrogen and oxygen atoms in total. The Balaban J connectivity index is 1.59. The molecule has 4 bridgehead atoms. The lowest BCUT2D eigenvalue weighted by Crippen LogP contribution is -2.19. The zero-order valence-electron chi connectivity index (χ0n) is 12.1. The van der Waals surface area contributed by atoms with E-state index in [0.717, 1.165) is 43.4 Å². The molecule has 0 amide bonds. The Labute approximate surface area is 121 Å². The molecule has 0 aliphatic heterocycles. The minimum atomic E-state index is 0.774. The summed E-state index contributed by atoms with van der Waals surface area (Å²) in [5.41, 5.74) is 2.93. The first-order valence-electron chi connectivity index (χ1n) is 8.03. The average molecular weight is 269 g/mol. The Morgan fingerprint density at radius 1 is 1.20 bits per heavy atom. The average Bonchev–Trinajstić information content (AvgIpc) is 2.89. The Kier molecular flexibility index (Phi) is 3.07. The van der Waals surface area contributed by atoms with Gasteiger partial charge >= 0.3 is 0 Å². The summed E-state index contributed by atoms with van der Waals surface area (Å²) < 4.78 is 6.23. The van der Waals surface area contributed by atoms with Crippen molar-refractivity contribution in [2.24, 2.45) is 23.7 Å². The first kappa shape index (κ1) is 12.5. The van der Waals surface area contributed by atoms with E-state index < -0.39 is 0 Å². The van der Waals surface area contributed by atoms with Gasteiger partial charge in [-0.1, -0.05) is 37.3 Å². The van der Waals surface area contributed by atoms with Crippen molar-refractivity contribution in [3.8, 4) is 0 Å². The van der Waals surface area contributed by atoms with Gasteiger partial charge in [0.15, 0.2) is 0 Å². The lowest BCUT2D eigenvalue weighted by Gasteiger charge is -2.16. The van der Waals surface area contributed by atoms with Gasteiger partial charge in [0, 0.05) is 12.1 Å². The Hall–Kier alpha value is -1.28. The third-order valence-electron chi connectivity index (χ3n) is 5.32. The second-order valence-corrected chi connectivity index (χ2v) is 6.37. The maximum atomic E-state index is 6.23. The highest BCUT2D eigenvalue weighted by atomic mass is 16.5. The second-order valence-electron chi connectivity index (χ2n) is 6.37. The summed E-state index contributed by atoms with van der Waals surface area (Å²) in [4.78, 5) is 0. The molecule has 2 heteroatoms. The molecule has 1 aromatic carbocycles. The van der Waals surface area contributed by atoms with Gasteiger partial charge in [-0.3, -0.25) is 0 Å². The zero-order valence-corrected chi connectivity index (χ0v) is 12.1. The third kappa shape index (κ3) is 1.89. The van der Waals surface area contributed by atoms with Crippen molar-refractivity contribution in [3.63, 3.8) is 0 Å². The molecule has 0 spiro atoms. The molecular weight excluding hydrogens is 246 g/mol. The van der Waals surface area contributed by atoms with Gasteiger partial charge in [-0.05, 0) is 48.6 Å². The molecule has 20 heavy (non-hydrogen) atoms. The van der Waals surface area contributed by atoms with Gasteiger partial charge in [0.05, 0.1) is 0 Å². The van der Waals surface area contributed by atoms with Crippen molar-refractivity contribution < 1.29 is 4.74 Å². The number of rotatable bonds is 6. The number of allylic oxidation sites excluding steroid dienone is 1. The Morgan fingerprint density at radius 2 is 1.95 bits per heavy atom. The molecule has 2 unspecified atom stereocenters. The molecule has 0 heterocycles. The largest absolute Gasteiger partial charge is 0.492 e. The molecule has 4 aliphatic rings. The van der Waals surface area contributed by atoms with Crippen molar-refractivity contribution >= 4 is 5.76 Å². The first-order chi connectivity index (χ1) is 9.90. The van der Waals surface area contributed by atoms with Crippen LogP contribution in [-0.2, 0) is 4.74 Å². The van der Waals surface area contributed by atoms with E-state index in [4.69, 9.17) is 4.74 Å². The summed E-state index contributed by atoms with van der Waals surface area (Å²) in [5, 5.41) is 3.34. The number of nitrogens with one attached hydrogen (secondary N) is 1. The minimum absolute atomic E-state index is 0.774. The predicted molar refractivity (Wildman–Crippen MR) is 81.1 cm³/mol. The fraction of sp³-hybridized carbons (Fsp3) is 0.556. The van der Waals surface area contributed by atoms with E-state index >= 15 is 0 Å². The standard InChI is InChI=1S/C18H23NO/c1-2-19-8-9-20-18(12-6-4-3-5-7-12)16-13-10-14-15(11-13)17(14)16/h3-7,13-15,17,19H,2,8-11H2,1H3. The summed E-state index contributed by atoms with van der Waals surface area (Å²) in [6, 6.07) is 10.7. The monoisotopic (exact) mass is 269 g/mol. The fourth-order valence-corrected chi connectivity index (χ4v) is 4.49. The van der Waals surface area contributed by atoms with Crippen molar-refractivity contribution in [3.05, 3.63) is 41.5 Å². The van der Waals surface area contributed by atoms with Crippen LogP contribution in [0.3, 0.4) is 0 Å². The van der Waals surface area contributed by atoms with Gasteiger partial charge < -0.3 is 10.1 Å². The van der Waals surface area contributed by atoms with Gasteiger partial charge in [0.2, 0.25) is 0 Å². The van der Waals surface area contributed by atoms with Crippen LogP contribution >= 0.6 is 0 Å². The molecule has 0 radical (unpaired) electrons. The van der Waals surface area contributed by atoms with Crippen LogP contribution in [0.4, 0.5) is 0 Å². The van der Waals surface area contributed by atoms with Gasteiger partial charge in [-0.25, -0.2) is 0 Å². The summed E-state index contributed by atoms with van der Waals surface area (Å²) in [7, 11) is 0. The highest BCUT2D eigenvalue weighted by Crippen LogP contribution is 2.74. The van der Waals surface area contributed by atoms with Crippen LogP contribution in [-0.4, -0.2) is 19.7 Å². The number of likely N-dealkylation sites (N-methyl/N-ethyl adjacent to an activating group) is 1. The SMILES string of the molecule is CCNCCOC(=C1C2CC3C(C2)C13)c1ccccc1. The molecule has 106 valence electrons. The van der Waals surface area contributed by atoms with Crippen molar-refractivity contribution in [2.75, 3.05) is 19.7 Å². The first-order valence-corrected chi connectivity index (χ1v) is 8.03. The van der Waals surface area contributed by atoms with Crippen LogP contribution < -0.4 is 5.32 Å². The number of ether oxygens (including phenoxy) is 1. The number of hydrogen-bond acceptors (Lipinski definition) is 2. The van der Waals surface area contributed by atoms with E-state index in [2.05, 4.69) is 42.6 Å². The van der Waals surface area contributed by atoms with E-state index in [0.29, 0.717) is 0 Å². The van der Waals surface area contributed by atoms with Crippen LogP contribution in [0.25, 0.3) is 5.76 Å². The van der Waals surface area contributed by atoms with Gasteiger partial charge in [0.1, 0.15) is 12.4 Å². The Bertz CT molecular complexity index is 505. The van der Waals surface area contributed by atoms with Crippen LogP contribution in [0.1, 0.15) is 25.3 Å². The van der Waals surface area contributed by atoms with Gasteiger partial charge in [-0.2, -0.15) is 0 Å². The molecule has 1 aromatic rings. The zero-order chi connectivity index (χ0) is 13.5. The maximum Gasteiger partial charge on any atom is 0.126 e. The van der Waals surface area contributed by atoms with Crippen molar-refractivity contribution in [2.45, 2.75) is 19.8 Å². The summed E-state index contributed by atoms with van der Waals surface area (Å²) in [6.07, 6.45) is 2.86. The number of benzene rings is 1. The third-order valence-corrected chi connectivity index (χ3v) is 5.32. The molecule has 0 aromatic heterocycles. The second kappa shape index (κ2) is 4.92. The smallest absolute Gasteiger partial charge is 0.126 e. The van der Waals surface area contributed by atoms with Crippen LogP contribution in [0, 0.1) is 23.7 Å². The molecule has 4 saturated carbocycles. The molecule has 4 aliphatic carbocycles.